The van der Waals surface area contributed by atoms with Gasteiger partial charge in [-0.1, -0.05) is 48.1 Å². The van der Waals surface area contributed by atoms with Crippen LogP contribution in [-0.2, 0) is 15.9 Å². The van der Waals surface area contributed by atoms with Crippen LogP contribution in [0.5, 0.6) is 23.0 Å². The number of phenols is 3. The zero-order valence-corrected chi connectivity index (χ0v) is 29.8. The molecule has 9 nitrogen and oxygen atoms in total. The van der Waals surface area contributed by atoms with Gasteiger partial charge in [-0.2, -0.15) is 12.4 Å². The van der Waals surface area contributed by atoms with Gasteiger partial charge in [-0.3, -0.25) is 0 Å². The molecule has 274 valence electrons. The summed E-state index contributed by atoms with van der Waals surface area (Å²) in [6.07, 6.45) is 18.0. The van der Waals surface area contributed by atoms with Crippen molar-refractivity contribution in [2.45, 2.75) is 94.5 Å². The molecule has 3 aromatic rings. The molecule has 9 heteroatoms. The smallest absolute Gasteiger partial charge is 0.200 e. The maximum absolute atomic E-state index is 11.5. The van der Waals surface area contributed by atoms with Gasteiger partial charge in [-0.15, -0.1) is 0 Å². The maximum Gasteiger partial charge on any atom is 0.200 e. The molecule has 1 aromatic heterocycles. The highest BCUT2D eigenvalue weighted by Crippen LogP contribution is 2.51. The lowest BCUT2D eigenvalue weighted by molar-refractivity contribution is -0.154. The number of benzene rings is 2. The number of hydrogen-bond donors (Lipinski definition) is 5. The molecule has 7 rings (SSSR count). The number of ether oxygens (including phenoxy) is 3. The topological polar surface area (TPSA) is 135 Å². The second kappa shape index (κ2) is 15.9. The van der Waals surface area contributed by atoms with Crippen LogP contribution in [0.1, 0.15) is 97.6 Å². The van der Waals surface area contributed by atoms with Gasteiger partial charge in [-0.05, 0) is 99.4 Å². The first kappa shape index (κ1) is 35.6. The van der Waals surface area contributed by atoms with E-state index in [1.165, 1.54) is 12.7 Å². The number of nitrogens with one attached hydrogen (secondary N) is 1. The Bertz CT molecular complexity index is 1690. The van der Waals surface area contributed by atoms with Crippen molar-refractivity contribution >= 4 is 0 Å². The van der Waals surface area contributed by atoms with Crippen LogP contribution in [0.4, 0.5) is 0 Å². The van der Waals surface area contributed by atoms with Crippen LogP contribution in [0.25, 0.3) is 0 Å². The summed E-state index contributed by atoms with van der Waals surface area (Å²) < 4.78 is 17.9. The third-order valence-electron chi connectivity index (χ3n) is 11.9. The fourth-order valence-electron chi connectivity index (χ4n) is 9.26. The number of allylic oxidation sites excluding steroid dienone is 3. The summed E-state index contributed by atoms with van der Waals surface area (Å²) in [5.41, 5.74) is 4.54. The minimum atomic E-state index is -0.564. The van der Waals surface area contributed by atoms with Crippen LogP contribution >= 0.6 is 0 Å². The number of hydrogen-bond acceptors (Lipinski definition) is 8. The van der Waals surface area contributed by atoms with Crippen LogP contribution in [-0.4, -0.2) is 65.5 Å². The Labute approximate surface area is 301 Å². The van der Waals surface area contributed by atoms with E-state index < -0.39 is 12.2 Å². The summed E-state index contributed by atoms with van der Waals surface area (Å²) >= 11 is 0. The van der Waals surface area contributed by atoms with E-state index in [4.69, 9.17) is 14.2 Å². The number of methoxy groups -OCH3 is 1. The second-order valence-corrected chi connectivity index (χ2v) is 14.9. The van der Waals surface area contributed by atoms with Crippen LogP contribution < -0.4 is 15.0 Å². The highest BCUT2D eigenvalue weighted by Gasteiger charge is 2.44. The number of aromatic nitrogens is 1. The van der Waals surface area contributed by atoms with E-state index in [0.29, 0.717) is 47.6 Å². The van der Waals surface area contributed by atoms with Gasteiger partial charge in [0.1, 0.15) is 5.75 Å². The lowest BCUT2D eigenvalue weighted by Crippen LogP contribution is -2.44. The molecule has 2 aromatic carbocycles. The molecule has 0 bridgehead atoms. The van der Waals surface area contributed by atoms with Crippen LogP contribution in [0, 0.1) is 17.8 Å². The second-order valence-electron chi connectivity index (χ2n) is 14.9. The molecule has 0 spiro atoms. The first-order valence-corrected chi connectivity index (χ1v) is 18.8. The van der Waals surface area contributed by atoms with Crippen LogP contribution in [0.2, 0.25) is 0 Å². The van der Waals surface area contributed by atoms with E-state index in [1.807, 2.05) is 19.1 Å². The summed E-state index contributed by atoms with van der Waals surface area (Å²) in [5.74, 6) is 1.15. The van der Waals surface area contributed by atoms with Crippen molar-refractivity contribution in [3.63, 3.8) is 0 Å². The molecule has 0 amide bonds. The predicted molar refractivity (Wildman–Crippen MR) is 195 cm³/mol. The lowest BCUT2D eigenvalue weighted by atomic mass is 9.67. The Morgan fingerprint density at radius 3 is 2.67 bits per heavy atom. The number of aromatic hydroxyl groups is 3. The monoisotopic (exact) mass is 697 g/mol. The number of fused-ring (bicyclic) bond motifs is 2. The van der Waals surface area contributed by atoms with Crippen molar-refractivity contribution in [2.24, 2.45) is 17.8 Å². The van der Waals surface area contributed by atoms with Crippen molar-refractivity contribution in [2.75, 3.05) is 26.9 Å². The summed E-state index contributed by atoms with van der Waals surface area (Å²) in [4.78, 5) is 4.19. The predicted octanol–water partition coefficient (Wildman–Crippen LogP) is 6.76. The largest absolute Gasteiger partial charge is 0.670 e. The third-order valence-corrected chi connectivity index (χ3v) is 11.9. The quantitative estimate of drug-likeness (QED) is 0.0791. The minimum absolute atomic E-state index is 0.0135. The van der Waals surface area contributed by atoms with Gasteiger partial charge >= 0.3 is 0 Å². The SMILES string of the molecule is CCOCCCN[C@@H]1C=C[C@@H]2[C@@H](CC=C[C@@H]2c2cc([C@@H]3CC[C@@H]4[C@H](C3)O[C@H](c3cc(O)c(O)c(OC)c3Cc3cc[n-]c3)C[C@@H]4O)ccc2O)C1. The van der Waals surface area contributed by atoms with E-state index in [1.54, 1.807) is 18.5 Å². The highest BCUT2D eigenvalue weighted by atomic mass is 16.5. The first-order chi connectivity index (χ1) is 24.8. The van der Waals surface area contributed by atoms with Gasteiger partial charge in [0.15, 0.2) is 11.5 Å². The standard InChI is InChI=1S/C42H53N2O7/c1-3-50-17-5-15-44-29-10-12-30-28(19-29)6-4-7-31(30)33-20-26(9-13-36(33)45)27-8-11-32-37(46)23-40(51-39(32)21-27)34-22-38(47)41(48)42(49-2)35(34)18-25-14-16-43-24-25/h4,7,9-10,12-14,16,20,22,24,27-32,37,39-40,44-48H,3,5-6,8,11,15,17-19,21,23H2,1-2H3/q-1/t27-,28+,29-,30-,31+,32+,37+,39+,40+/m1/s1. The number of nitrogens with zero attached hydrogens (tertiary/aromatic N) is 1. The molecule has 4 aliphatic rings. The van der Waals surface area contributed by atoms with Crippen LogP contribution in [0.15, 0.2) is 67.0 Å². The number of aliphatic hydroxyl groups is 1. The Morgan fingerprint density at radius 1 is 0.980 bits per heavy atom. The van der Waals surface area contributed by atoms with E-state index >= 15 is 0 Å². The fraction of sp³-hybridized carbons (Fsp3) is 0.524. The normalized spacial score (nSPS) is 30.1. The summed E-state index contributed by atoms with van der Waals surface area (Å²) in [6.45, 7) is 4.51. The molecule has 2 heterocycles. The first-order valence-electron chi connectivity index (χ1n) is 18.8. The molecule has 0 radical (unpaired) electrons. The molecule has 9 atom stereocenters. The number of aliphatic hydroxyl groups excluding tert-OH is 1. The molecule has 5 N–H and O–H groups in total. The Morgan fingerprint density at radius 2 is 1.86 bits per heavy atom. The Balaban J connectivity index is 1.08. The summed E-state index contributed by atoms with van der Waals surface area (Å²) in [5, 5.41) is 47.7. The zero-order chi connectivity index (χ0) is 35.5. The van der Waals surface area contributed by atoms with Crippen molar-refractivity contribution in [1.29, 1.82) is 0 Å². The molecular weight excluding hydrogens is 644 g/mol. The minimum Gasteiger partial charge on any atom is -0.670 e. The van der Waals surface area contributed by atoms with E-state index in [0.717, 1.165) is 69.4 Å². The molecular formula is C42H53N2O7-. The summed E-state index contributed by atoms with van der Waals surface area (Å²) in [6, 6.07) is 9.96. The van der Waals surface area contributed by atoms with E-state index in [2.05, 4.69) is 46.7 Å². The van der Waals surface area contributed by atoms with Gasteiger partial charge in [0.2, 0.25) is 5.75 Å². The van der Waals surface area contributed by atoms with Gasteiger partial charge in [0.05, 0.1) is 25.4 Å². The Kier molecular flexibility index (Phi) is 11.1. The molecule has 3 aliphatic carbocycles. The maximum atomic E-state index is 11.5. The molecule has 0 unspecified atom stereocenters. The van der Waals surface area contributed by atoms with Gasteiger partial charge in [0, 0.05) is 48.6 Å². The zero-order valence-electron chi connectivity index (χ0n) is 29.8. The average Bonchev–Trinajstić information content (AvgIpc) is 3.66. The summed E-state index contributed by atoms with van der Waals surface area (Å²) in [7, 11) is 1.48. The number of rotatable bonds is 12. The molecule has 1 saturated heterocycles. The van der Waals surface area contributed by atoms with Crippen LogP contribution in [0.3, 0.4) is 0 Å². The van der Waals surface area contributed by atoms with Crippen molar-refractivity contribution in [1.82, 2.24) is 10.3 Å². The molecule has 2 fully saturated rings. The Hall–Kier alpha value is -3.76. The number of phenolic OH excluding ortho intramolecular Hbond substituents is 3. The fourth-order valence-corrected chi connectivity index (χ4v) is 9.26. The van der Waals surface area contributed by atoms with Crippen molar-refractivity contribution in [3.05, 3.63) is 94.8 Å². The van der Waals surface area contributed by atoms with Gasteiger partial charge in [0.25, 0.3) is 0 Å². The average molecular weight is 698 g/mol. The van der Waals surface area contributed by atoms with Crippen molar-refractivity contribution < 1.29 is 34.6 Å². The van der Waals surface area contributed by atoms with E-state index in [-0.39, 0.29) is 41.1 Å². The lowest BCUT2D eigenvalue weighted by Gasteiger charge is -2.45. The third kappa shape index (κ3) is 7.58. The highest BCUT2D eigenvalue weighted by molar-refractivity contribution is 5.59. The van der Waals surface area contributed by atoms with Crippen molar-refractivity contribution in [3.8, 4) is 23.0 Å². The van der Waals surface area contributed by atoms with Gasteiger partial charge < -0.3 is 44.9 Å². The van der Waals surface area contributed by atoms with E-state index in [9.17, 15) is 20.4 Å². The van der Waals surface area contributed by atoms with Gasteiger partial charge in [-0.25, -0.2) is 0 Å². The molecule has 51 heavy (non-hydrogen) atoms. The molecule has 1 saturated carbocycles. The molecule has 1 aliphatic heterocycles.